The largest absolute Gasteiger partial charge is 0.355 e. The Kier molecular flexibility index (Phi) is 4.06. The summed E-state index contributed by atoms with van der Waals surface area (Å²) in [5.74, 6) is 0.965. The minimum atomic E-state index is 0.0125. The first-order valence-electron chi connectivity index (χ1n) is 7.45. The molecule has 1 aromatic carbocycles. The van der Waals surface area contributed by atoms with Gasteiger partial charge in [-0.1, -0.05) is 12.1 Å². The second kappa shape index (κ2) is 6.13. The van der Waals surface area contributed by atoms with Gasteiger partial charge in [0.2, 0.25) is 11.9 Å². The highest BCUT2D eigenvalue weighted by Gasteiger charge is 2.26. The number of nitrogens with zero attached hydrogens (tertiary/aromatic N) is 2. The molecular weight excluding hydrogens is 266 g/mol. The minimum Gasteiger partial charge on any atom is -0.355 e. The minimum absolute atomic E-state index is 0.0125. The van der Waals surface area contributed by atoms with Crippen molar-refractivity contribution in [3.8, 4) is 0 Å². The Bertz CT molecular complexity index is 590. The van der Waals surface area contributed by atoms with Crippen molar-refractivity contribution in [2.24, 2.45) is 11.7 Å². The number of carbonyl (C=O) groups excluding carboxylic acids is 1. The summed E-state index contributed by atoms with van der Waals surface area (Å²) in [5, 5.41) is 2.88. The standard InChI is InChI=1S/C15H21N5O/c16-7-8-17-14(21)11-4-3-9-20(10-11)15-18-12-5-1-2-6-13(12)19-15/h1-2,5-6,11H,3-4,7-10,16H2,(H,17,21)(H,18,19). The van der Waals surface area contributed by atoms with E-state index >= 15 is 0 Å². The number of hydrogen-bond acceptors (Lipinski definition) is 4. The quantitative estimate of drug-likeness (QED) is 0.778. The van der Waals surface area contributed by atoms with Crippen molar-refractivity contribution in [3.63, 3.8) is 0 Å². The average molecular weight is 287 g/mol. The Morgan fingerprint density at radius 3 is 3.14 bits per heavy atom. The van der Waals surface area contributed by atoms with Crippen LogP contribution in [0, 0.1) is 5.92 Å². The van der Waals surface area contributed by atoms with Gasteiger partial charge in [-0.05, 0) is 25.0 Å². The highest BCUT2D eigenvalue weighted by atomic mass is 16.1. The fraction of sp³-hybridized carbons (Fsp3) is 0.467. The van der Waals surface area contributed by atoms with E-state index in [4.69, 9.17) is 5.73 Å². The van der Waals surface area contributed by atoms with Crippen LogP contribution in [0.15, 0.2) is 24.3 Å². The molecule has 3 rings (SSSR count). The van der Waals surface area contributed by atoms with Crippen LogP contribution in [0.3, 0.4) is 0 Å². The van der Waals surface area contributed by atoms with Gasteiger partial charge >= 0.3 is 0 Å². The van der Waals surface area contributed by atoms with Crippen LogP contribution in [0.2, 0.25) is 0 Å². The third-order valence-corrected chi connectivity index (χ3v) is 3.91. The van der Waals surface area contributed by atoms with Gasteiger partial charge in [-0.3, -0.25) is 4.79 Å². The molecule has 4 N–H and O–H groups in total. The van der Waals surface area contributed by atoms with E-state index in [0.717, 1.165) is 36.4 Å². The van der Waals surface area contributed by atoms with E-state index in [2.05, 4.69) is 20.2 Å². The lowest BCUT2D eigenvalue weighted by Crippen LogP contribution is -2.44. The number of piperidine rings is 1. The van der Waals surface area contributed by atoms with Crippen molar-refractivity contribution < 1.29 is 4.79 Å². The van der Waals surface area contributed by atoms with E-state index in [1.807, 2.05) is 24.3 Å². The van der Waals surface area contributed by atoms with Crippen molar-refractivity contribution in [2.45, 2.75) is 12.8 Å². The lowest BCUT2D eigenvalue weighted by Gasteiger charge is -2.31. The van der Waals surface area contributed by atoms with E-state index < -0.39 is 0 Å². The summed E-state index contributed by atoms with van der Waals surface area (Å²) >= 11 is 0. The predicted molar refractivity (Wildman–Crippen MR) is 83.1 cm³/mol. The third kappa shape index (κ3) is 3.00. The smallest absolute Gasteiger partial charge is 0.224 e. The maximum Gasteiger partial charge on any atom is 0.224 e. The van der Waals surface area contributed by atoms with E-state index in [1.54, 1.807) is 0 Å². The topological polar surface area (TPSA) is 87.0 Å². The molecule has 21 heavy (non-hydrogen) atoms. The molecule has 1 amide bonds. The molecule has 2 aromatic rings. The van der Waals surface area contributed by atoms with Gasteiger partial charge in [0.25, 0.3) is 0 Å². The number of amides is 1. The summed E-state index contributed by atoms with van der Waals surface area (Å²) in [4.78, 5) is 22.2. The number of carbonyl (C=O) groups is 1. The number of fused-ring (bicyclic) bond motifs is 1. The summed E-state index contributed by atoms with van der Waals surface area (Å²) in [7, 11) is 0. The van der Waals surface area contributed by atoms with Crippen molar-refractivity contribution in [2.75, 3.05) is 31.1 Å². The molecule has 6 heteroatoms. The molecule has 0 spiro atoms. The second-order valence-electron chi connectivity index (χ2n) is 5.44. The lowest BCUT2D eigenvalue weighted by atomic mass is 9.97. The van der Waals surface area contributed by atoms with Crippen LogP contribution in [-0.2, 0) is 4.79 Å². The maximum atomic E-state index is 12.1. The Hall–Kier alpha value is -2.08. The van der Waals surface area contributed by atoms with Gasteiger partial charge in [0.1, 0.15) is 0 Å². The molecule has 0 saturated carbocycles. The lowest BCUT2D eigenvalue weighted by molar-refractivity contribution is -0.125. The molecule has 112 valence electrons. The Labute approximate surface area is 123 Å². The summed E-state index contributed by atoms with van der Waals surface area (Å²) in [6, 6.07) is 7.97. The first kappa shape index (κ1) is 13.9. The highest BCUT2D eigenvalue weighted by Crippen LogP contribution is 2.23. The van der Waals surface area contributed by atoms with Gasteiger partial charge in [-0.25, -0.2) is 4.98 Å². The molecule has 1 fully saturated rings. The number of H-pyrrole nitrogens is 1. The normalized spacial score (nSPS) is 18.9. The highest BCUT2D eigenvalue weighted by molar-refractivity contribution is 5.80. The number of nitrogens with one attached hydrogen (secondary N) is 2. The van der Waals surface area contributed by atoms with Crippen molar-refractivity contribution >= 4 is 22.9 Å². The van der Waals surface area contributed by atoms with E-state index in [9.17, 15) is 4.79 Å². The van der Waals surface area contributed by atoms with Gasteiger partial charge in [0.05, 0.1) is 17.0 Å². The number of anilines is 1. The number of hydrogen-bond donors (Lipinski definition) is 3. The van der Waals surface area contributed by atoms with Gasteiger partial charge < -0.3 is 20.9 Å². The first-order valence-corrected chi connectivity index (χ1v) is 7.45. The summed E-state index contributed by atoms with van der Waals surface area (Å²) in [6.07, 6.45) is 1.92. The molecule has 0 radical (unpaired) electrons. The molecule has 1 aliphatic rings. The summed E-state index contributed by atoms with van der Waals surface area (Å²) in [6.45, 7) is 2.66. The van der Waals surface area contributed by atoms with E-state index in [1.165, 1.54) is 0 Å². The predicted octanol–water partition coefficient (Wildman–Crippen LogP) is 0.854. The van der Waals surface area contributed by atoms with Crippen LogP contribution in [0.25, 0.3) is 11.0 Å². The molecule has 0 bridgehead atoms. The fourth-order valence-corrected chi connectivity index (χ4v) is 2.81. The number of benzene rings is 1. The van der Waals surface area contributed by atoms with Crippen LogP contribution in [-0.4, -0.2) is 42.1 Å². The summed E-state index contributed by atoms with van der Waals surface area (Å²) in [5.41, 5.74) is 7.42. The first-order chi connectivity index (χ1) is 10.3. The number of aromatic amines is 1. The molecule has 1 aliphatic heterocycles. The number of nitrogens with two attached hydrogens (primary N) is 1. The van der Waals surface area contributed by atoms with Gasteiger partial charge in [0.15, 0.2) is 0 Å². The third-order valence-electron chi connectivity index (χ3n) is 3.91. The zero-order valence-corrected chi connectivity index (χ0v) is 12.0. The average Bonchev–Trinajstić information content (AvgIpc) is 2.97. The molecule has 1 aromatic heterocycles. The van der Waals surface area contributed by atoms with Crippen LogP contribution >= 0.6 is 0 Å². The number of para-hydroxylation sites is 2. The molecule has 1 atom stereocenters. The molecular formula is C15H21N5O. The SMILES string of the molecule is NCCNC(=O)C1CCCN(c2nc3ccccc3[nH]2)C1. The maximum absolute atomic E-state index is 12.1. The molecule has 6 nitrogen and oxygen atoms in total. The summed E-state index contributed by atoms with van der Waals surface area (Å²) < 4.78 is 0. The van der Waals surface area contributed by atoms with Crippen molar-refractivity contribution in [1.82, 2.24) is 15.3 Å². The molecule has 1 unspecified atom stereocenters. The van der Waals surface area contributed by atoms with E-state index in [0.29, 0.717) is 19.6 Å². The van der Waals surface area contributed by atoms with Crippen LogP contribution in [0.4, 0.5) is 5.95 Å². The Morgan fingerprint density at radius 1 is 1.48 bits per heavy atom. The van der Waals surface area contributed by atoms with Gasteiger partial charge in [-0.2, -0.15) is 0 Å². The van der Waals surface area contributed by atoms with Crippen LogP contribution in [0.1, 0.15) is 12.8 Å². The number of imidazole rings is 1. The van der Waals surface area contributed by atoms with Gasteiger partial charge in [0, 0.05) is 26.2 Å². The Morgan fingerprint density at radius 2 is 2.33 bits per heavy atom. The number of rotatable bonds is 4. The molecule has 0 aliphatic carbocycles. The second-order valence-corrected chi connectivity index (χ2v) is 5.44. The zero-order chi connectivity index (χ0) is 14.7. The molecule has 1 saturated heterocycles. The molecule has 2 heterocycles. The monoisotopic (exact) mass is 287 g/mol. The van der Waals surface area contributed by atoms with Crippen molar-refractivity contribution in [1.29, 1.82) is 0 Å². The van der Waals surface area contributed by atoms with Gasteiger partial charge in [-0.15, -0.1) is 0 Å². The zero-order valence-electron chi connectivity index (χ0n) is 12.0. The number of aromatic nitrogens is 2. The van der Waals surface area contributed by atoms with E-state index in [-0.39, 0.29) is 11.8 Å². The van der Waals surface area contributed by atoms with Crippen molar-refractivity contribution in [3.05, 3.63) is 24.3 Å². The van der Waals surface area contributed by atoms with Crippen LogP contribution in [0.5, 0.6) is 0 Å². The fourth-order valence-electron chi connectivity index (χ4n) is 2.81. The van der Waals surface area contributed by atoms with Crippen LogP contribution < -0.4 is 16.0 Å². The Balaban J connectivity index is 1.72.